The second-order valence-corrected chi connectivity index (χ2v) is 6.97. The fraction of sp³-hybridized carbons (Fsp3) is 0.333. The van der Waals surface area contributed by atoms with E-state index < -0.39 is 5.97 Å². The molecule has 1 fully saturated rings. The molecule has 5 nitrogen and oxygen atoms in total. The van der Waals surface area contributed by atoms with Gasteiger partial charge in [0.05, 0.1) is 11.3 Å². The van der Waals surface area contributed by atoms with Crippen LogP contribution in [0.5, 0.6) is 0 Å². The van der Waals surface area contributed by atoms with Gasteiger partial charge in [0.25, 0.3) is 5.91 Å². The molecule has 0 saturated carbocycles. The molecular weight excluding hydrogens is 328 g/mol. The molecule has 1 aliphatic rings. The first-order valence-electron chi connectivity index (χ1n) is 8.95. The van der Waals surface area contributed by atoms with Crippen LogP contribution >= 0.6 is 0 Å². The van der Waals surface area contributed by atoms with Gasteiger partial charge in [-0.15, -0.1) is 0 Å². The number of carbonyl (C=O) groups excluding carboxylic acids is 1. The van der Waals surface area contributed by atoms with Gasteiger partial charge in [0.15, 0.2) is 0 Å². The number of hydrogen-bond donors (Lipinski definition) is 2. The SMILES string of the molecule is Cc1ccccc1C(=O)Nc1ccc(N2CCC(C)CC2)cc1C(=O)O. The number of hydrogen-bond acceptors (Lipinski definition) is 3. The molecule has 1 heterocycles. The van der Waals surface area contributed by atoms with E-state index in [1.165, 1.54) is 0 Å². The Kier molecular flexibility index (Phi) is 5.26. The quantitative estimate of drug-likeness (QED) is 0.866. The molecule has 1 saturated heterocycles. The van der Waals surface area contributed by atoms with E-state index in [9.17, 15) is 14.7 Å². The van der Waals surface area contributed by atoms with Gasteiger partial charge < -0.3 is 15.3 Å². The van der Waals surface area contributed by atoms with E-state index in [0.717, 1.165) is 37.2 Å². The van der Waals surface area contributed by atoms with Crippen LogP contribution in [0.3, 0.4) is 0 Å². The van der Waals surface area contributed by atoms with Gasteiger partial charge in [0, 0.05) is 24.3 Å². The van der Waals surface area contributed by atoms with Gasteiger partial charge >= 0.3 is 5.97 Å². The predicted molar refractivity (Wildman–Crippen MR) is 103 cm³/mol. The van der Waals surface area contributed by atoms with Crippen LogP contribution in [0.4, 0.5) is 11.4 Å². The molecule has 2 aromatic rings. The summed E-state index contributed by atoms with van der Waals surface area (Å²) in [5.74, 6) is -0.639. The number of amides is 1. The summed E-state index contributed by atoms with van der Waals surface area (Å²) in [6.07, 6.45) is 2.21. The molecular formula is C21H24N2O3. The summed E-state index contributed by atoms with van der Waals surface area (Å²) in [5.41, 5.74) is 2.71. The highest BCUT2D eigenvalue weighted by molar-refractivity contribution is 6.08. The van der Waals surface area contributed by atoms with Gasteiger partial charge in [-0.2, -0.15) is 0 Å². The van der Waals surface area contributed by atoms with Gasteiger partial charge in [0.1, 0.15) is 0 Å². The first-order valence-corrected chi connectivity index (χ1v) is 8.95. The Morgan fingerprint density at radius 2 is 1.77 bits per heavy atom. The van der Waals surface area contributed by atoms with Crippen molar-refractivity contribution in [2.24, 2.45) is 5.92 Å². The Balaban J connectivity index is 1.84. The molecule has 0 unspecified atom stereocenters. The Bertz CT molecular complexity index is 824. The lowest BCUT2D eigenvalue weighted by atomic mass is 9.98. The summed E-state index contributed by atoms with van der Waals surface area (Å²) in [6, 6.07) is 12.5. The number of carboxylic acid groups (broad SMARTS) is 1. The molecule has 26 heavy (non-hydrogen) atoms. The third-order valence-corrected chi connectivity index (χ3v) is 5.02. The van der Waals surface area contributed by atoms with Crippen molar-refractivity contribution in [3.05, 3.63) is 59.2 Å². The molecule has 2 aromatic carbocycles. The average molecular weight is 352 g/mol. The van der Waals surface area contributed by atoms with Gasteiger partial charge in [-0.3, -0.25) is 4.79 Å². The number of carbonyl (C=O) groups is 2. The Labute approximate surface area is 153 Å². The van der Waals surface area contributed by atoms with Gasteiger partial charge in [0.2, 0.25) is 0 Å². The zero-order chi connectivity index (χ0) is 18.7. The van der Waals surface area contributed by atoms with Crippen LogP contribution in [0.2, 0.25) is 0 Å². The number of carboxylic acids is 1. The van der Waals surface area contributed by atoms with Crippen LogP contribution in [-0.4, -0.2) is 30.1 Å². The first-order chi connectivity index (χ1) is 12.5. The van der Waals surface area contributed by atoms with Crippen LogP contribution in [0.15, 0.2) is 42.5 Å². The van der Waals surface area contributed by atoms with E-state index >= 15 is 0 Å². The first kappa shape index (κ1) is 18.0. The van der Waals surface area contributed by atoms with Gasteiger partial charge in [-0.05, 0) is 55.5 Å². The van der Waals surface area contributed by atoms with Gasteiger partial charge in [-0.1, -0.05) is 25.1 Å². The van der Waals surface area contributed by atoms with Crippen LogP contribution < -0.4 is 10.2 Å². The van der Waals surface area contributed by atoms with Crippen molar-refractivity contribution in [2.75, 3.05) is 23.3 Å². The number of rotatable bonds is 4. The van der Waals surface area contributed by atoms with Crippen LogP contribution in [0.25, 0.3) is 0 Å². The molecule has 0 spiro atoms. The molecule has 0 aliphatic carbocycles. The number of aryl methyl sites for hydroxylation is 1. The van der Waals surface area contributed by atoms with E-state index in [1.807, 2.05) is 25.1 Å². The minimum Gasteiger partial charge on any atom is -0.478 e. The van der Waals surface area contributed by atoms with E-state index in [-0.39, 0.29) is 11.5 Å². The average Bonchev–Trinajstić information content (AvgIpc) is 2.63. The third kappa shape index (κ3) is 3.87. The largest absolute Gasteiger partial charge is 0.478 e. The monoisotopic (exact) mass is 352 g/mol. The topological polar surface area (TPSA) is 69.6 Å². The lowest BCUT2D eigenvalue weighted by Gasteiger charge is -2.32. The maximum atomic E-state index is 12.5. The van der Waals surface area contributed by atoms with E-state index in [0.29, 0.717) is 17.2 Å². The smallest absolute Gasteiger partial charge is 0.337 e. The molecule has 1 aliphatic heterocycles. The number of piperidine rings is 1. The summed E-state index contributed by atoms with van der Waals surface area (Å²) in [4.78, 5) is 26.4. The highest BCUT2D eigenvalue weighted by Gasteiger charge is 2.20. The minimum atomic E-state index is -1.04. The predicted octanol–water partition coefficient (Wildman–Crippen LogP) is 4.18. The highest BCUT2D eigenvalue weighted by Crippen LogP contribution is 2.27. The van der Waals surface area contributed by atoms with Crippen LogP contribution in [-0.2, 0) is 0 Å². The lowest BCUT2D eigenvalue weighted by Crippen LogP contribution is -2.32. The minimum absolute atomic E-state index is 0.114. The standard InChI is InChI=1S/C21H24N2O3/c1-14-9-11-23(12-10-14)16-7-8-19(18(13-16)21(25)26)22-20(24)17-6-4-3-5-15(17)2/h3-8,13-14H,9-12H2,1-2H3,(H,22,24)(H,25,26). The Morgan fingerprint density at radius 1 is 1.08 bits per heavy atom. The number of anilines is 2. The number of benzene rings is 2. The molecule has 3 rings (SSSR count). The summed E-state index contributed by atoms with van der Waals surface area (Å²) in [6.45, 7) is 5.95. The molecule has 0 bridgehead atoms. The molecule has 0 atom stereocenters. The van der Waals surface area contributed by atoms with Crippen molar-refractivity contribution in [1.29, 1.82) is 0 Å². The second-order valence-electron chi connectivity index (χ2n) is 6.97. The number of aromatic carboxylic acids is 1. The van der Waals surface area contributed by atoms with Crippen LogP contribution in [0.1, 0.15) is 46.0 Å². The van der Waals surface area contributed by atoms with Gasteiger partial charge in [-0.25, -0.2) is 4.79 Å². The van der Waals surface area contributed by atoms with E-state index in [2.05, 4.69) is 17.1 Å². The van der Waals surface area contributed by atoms with Crippen molar-refractivity contribution in [2.45, 2.75) is 26.7 Å². The Morgan fingerprint density at radius 3 is 2.42 bits per heavy atom. The second kappa shape index (κ2) is 7.60. The van der Waals surface area contributed by atoms with E-state index in [4.69, 9.17) is 0 Å². The Hall–Kier alpha value is -2.82. The fourth-order valence-electron chi connectivity index (χ4n) is 3.30. The van der Waals surface area contributed by atoms with Crippen molar-refractivity contribution in [3.8, 4) is 0 Å². The van der Waals surface area contributed by atoms with Crippen molar-refractivity contribution < 1.29 is 14.7 Å². The highest BCUT2D eigenvalue weighted by atomic mass is 16.4. The van der Waals surface area contributed by atoms with E-state index in [1.54, 1.807) is 24.3 Å². The molecule has 5 heteroatoms. The third-order valence-electron chi connectivity index (χ3n) is 5.02. The maximum Gasteiger partial charge on any atom is 0.337 e. The van der Waals surface area contributed by atoms with Crippen LogP contribution in [0, 0.1) is 12.8 Å². The molecule has 0 radical (unpaired) electrons. The zero-order valence-electron chi connectivity index (χ0n) is 15.2. The van der Waals surface area contributed by atoms with Crippen molar-refractivity contribution >= 4 is 23.3 Å². The molecule has 136 valence electrons. The zero-order valence-corrected chi connectivity index (χ0v) is 15.2. The number of nitrogens with one attached hydrogen (secondary N) is 1. The molecule has 2 N–H and O–H groups in total. The summed E-state index contributed by atoms with van der Waals surface area (Å²) in [5, 5.41) is 12.3. The number of nitrogens with zero attached hydrogens (tertiary/aromatic N) is 1. The normalized spacial score (nSPS) is 14.9. The fourth-order valence-corrected chi connectivity index (χ4v) is 3.30. The molecule has 1 amide bonds. The summed E-state index contributed by atoms with van der Waals surface area (Å²) >= 11 is 0. The summed E-state index contributed by atoms with van der Waals surface area (Å²) < 4.78 is 0. The van der Waals surface area contributed by atoms with Crippen molar-refractivity contribution in [1.82, 2.24) is 0 Å². The summed E-state index contributed by atoms with van der Waals surface area (Å²) in [7, 11) is 0. The maximum absolute atomic E-state index is 12.5. The molecule has 0 aromatic heterocycles. The lowest BCUT2D eigenvalue weighted by molar-refractivity contribution is 0.0698. The van der Waals surface area contributed by atoms with Crippen molar-refractivity contribution in [3.63, 3.8) is 0 Å².